The minimum absolute atomic E-state index is 0.0299. The van der Waals surface area contributed by atoms with Crippen molar-refractivity contribution >= 4 is 35.4 Å². The van der Waals surface area contributed by atoms with Crippen LogP contribution in [0.25, 0.3) is 0 Å². The molecule has 1 atom stereocenters. The van der Waals surface area contributed by atoms with E-state index in [1.807, 2.05) is 18.2 Å². The molecule has 0 fully saturated rings. The van der Waals surface area contributed by atoms with Gasteiger partial charge >= 0.3 is 11.9 Å². The van der Waals surface area contributed by atoms with Crippen molar-refractivity contribution in [1.29, 1.82) is 0 Å². The molecule has 340 valence electrons. The number of amides is 3. The van der Waals surface area contributed by atoms with Crippen LogP contribution in [0.2, 0.25) is 0 Å². The molecule has 0 heterocycles. The minimum atomic E-state index is -1.16. The Hall–Kier alpha value is -4.18. The molecule has 1 aromatic rings. The highest BCUT2D eigenvalue weighted by Crippen LogP contribution is 2.13. The molecular formula is C45H73N3O12. The Morgan fingerprint density at radius 2 is 1.12 bits per heavy atom. The number of rotatable bonds is 42. The molecule has 1 aromatic carbocycles. The van der Waals surface area contributed by atoms with Gasteiger partial charge in [0.05, 0.1) is 33.0 Å². The summed E-state index contributed by atoms with van der Waals surface area (Å²) in [6, 6.07) is 7.13. The number of allylic oxidation sites excluding steroid dienone is 1. The number of benzene rings is 1. The van der Waals surface area contributed by atoms with E-state index in [2.05, 4.69) is 34.7 Å². The van der Waals surface area contributed by atoms with Gasteiger partial charge in [0.25, 0.3) is 0 Å². The van der Waals surface area contributed by atoms with Crippen molar-refractivity contribution in [2.24, 2.45) is 0 Å². The predicted octanol–water partition coefficient (Wildman–Crippen LogP) is 5.85. The molecule has 0 aliphatic heterocycles. The molecule has 0 aliphatic carbocycles. The van der Waals surface area contributed by atoms with Crippen LogP contribution in [0.3, 0.4) is 0 Å². The summed E-state index contributed by atoms with van der Waals surface area (Å²) >= 11 is 0. The van der Waals surface area contributed by atoms with E-state index in [1.165, 1.54) is 5.56 Å². The largest absolute Gasteiger partial charge is 0.481 e. The zero-order chi connectivity index (χ0) is 43.9. The van der Waals surface area contributed by atoms with Gasteiger partial charge in [0.15, 0.2) is 0 Å². The van der Waals surface area contributed by atoms with Gasteiger partial charge in [-0.2, -0.15) is 0 Å². The monoisotopic (exact) mass is 848 g/mol. The smallest absolute Gasteiger partial charge is 0.326 e. The molecule has 0 bridgehead atoms. The van der Waals surface area contributed by atoms with Crippen LogP contribution in [0.15, 0.2) is 36.9 Å². The van der Waals surface area contributed by atoms with Gasteiger partial charge in [-0.15, -0.1) is 6.58 Å². The number of ether oxygens (including phenoxy) is 4. The standard InChI is InChI=1S/C45H73N3O12/c1-2-3-4-13-17-37-21-23-38(24-22-37)34-47-43(52)36-60-33-31-58-29-27-46-42(51)35-59-32-30-57-28-16-18-39(49)25-26-40(45(55)56)48-41(50)19-14-11-9-7-5-6-8-10-12-15-20-44(53)54/h2,21-24,40H,1,3-20,25-36H2,(H,46,51)(H,47,52)(H,48,50)(H,53,54)(H,55,56)/t40-/m0/s1. The second-order valence-electron chi connectivity index (χ2n) is 14.9. The average molecular weight is 848 g/mol. The molecule has 0 unspecified atom stereocenters. The number of hydrogen-bond acceptors (Lipinski definition) is 10. The summed E-state index contributed by atoms with van der Waals surface area (Å²) in [5.74, 6) is -2.84. The number of nitrogens with one attached hydrogen (secondary N) is 3. The summed E-state index contributed by atoms with van der Waals surface area (Å²) in [5, 5.41) is 26.2. The molecule has 1 rings (SSSR count). The van der Waals surface area contributed by atoms with Crippen LogP contribution >= 0.6 is 0 Å². The molecule has 15 nitrogen and oxygen atoms in total. The number of carboxylic acids is 2. The topological polar surface area (TPSA) is 216 Å². The normalized spacial score (nSPS) is 11.5. The highest BCUT2D eigenvalue weighted by atomic mass is 16.5. The van der Waals surface area contributed by atoms with E-state index in [0.717, 1.165) is 89.0 Å². The van der Waals surface area contributed by atoms with Gasteiger partial charge in [0.1, 0.15) is 25.0 Å². The summed E-state index contributed by atoms with van der Waals surface area (Å²) in [5.41, 5.74) is 2.31. The van der Waals surface area contributed by atoms with Gasteiger partial charge in [-0.05, 0) is 62.5 Å². The molecular weight excluding hydrogens is 775 g/mol. The fourth-order valence-electron chi connectivity index (χ4n) is 6.08. The number of ketones is 1. The van der Waals surface area contributed by atoms with Crippen LogP contribution in [0, 0.1) is 0 Å². The number of aryl methyl sites for hydroxylation is 1. The first-order chi connectivity index (χ1) is 29.1. The third kappa shape index (κ3) is 33.6. The molecule has 0 aromatic heterocycles. The van der Waals surface area contributed by atoms with Crippen LogP contribution < -0.4 is 16.0 Å². The van der Waals surface area contributed by atoms with E-state index >= 15 is 0 Å². The van der Waals surface area contributed by atoms with E-state index in [4.69, 9.17) is 24.1 Å². The zero-order valence-corrected chi connectivity index (χ0v) is 35.9. The van der Waals surface area contributed by atoms with Crippen molar-refractivity contribution in [3.05, 3.63) is 48.0 Å². The zero-order valence-electron chi connectivity index (χ0n) is 35.9. The Bertz CT molecular complexity index is 1340. The molecule has 3 amide bonds. The van der Waals surface area contributed by atoms with Gasteiger partial charge in [0.2, 0.25) is 17.7 Å². The third-order valence-corrected chi connectivity index (χ3v) is 9.55. The number of carbonyl (C=O) groups is 6. The maximum absolute atomic E-state index is 12.3. The lowest BCUT2D eigenvalue weighted by Crippen LogP contribution is -2.41. The van der Waals surface area contributed by atoms with E-state index < -0.39 is 18.0 Å². The molecule has 15 heteroatoms. The van der Waals surface area contributed by atoms with Crippen LogP contribution in [0.1, 0.15) is 133 Å². The Balaban J connectivity index is 1.93. The SMILES string of the molecule is C=CCCCCc1ccc(CNC(=O)COCCOCCNC(=O)COCCOCCCC(=O)CC[C@H](NC(=O)CCCCCCCCCCCCC(=O)O)C(=O)O)cc1. The molecule has 0 aliphatic rings. The van der Waals surface area contributed by atoms with Crippen molar-refractivity contribution in [2.45, 2.75) is 141 Å². The number of aliphatic carboxylic acids is 2. The quantitative estimate of drug-likeness (QED) is 0.0387. The molecule has 0 saturated carbocycles. The van der Waals surface area contributed by atoms with Crippen molar-refractivity contribution in [3.63, 3.8) is 0 Å². The maximum Gasteiger partial charge on any atom is 0.326 e. The summed E-state index contributed by atoms with van der Waals surface area (Å²) in [6.45, 7) is 5.84. The van der Waals surface area contributed by atoms with Gasteiger partial charge < -0.3 is 45.1 Å². The Morgan fingerprint density at radius 1 is 0.567 bits per heavy atom. The maximum atomic E-state index is 12.3. The van der Waals surface area contributed by atoms with Gasteiger partial charge in [-0.25, -0.2) is 4.79 Å². The first-order valence-corrected chi connectivity index (χ1v) is 21.9. The Morgan fingerprint density at radius 3 is 1.72 bits per heavy atom. The average Bonchev–Trinajstić information content (AvgIpc) is 3.22. The summed E-state index contributed by atoms with van der Waals surface area (Å²) in [6.07, 6.45) is 17.2. The molecule has 5 N–H and O–H groups in total. The fraction of sp³-hybridized carbons (Fsp3) is 0.689. The summed E-state index contributed by atoms with van der Waals surface area (Å²) in [4.78, 5) is 70.7. The highest BCUT2D eigenvalue weighted by molar-refractivity contribution is 5.84. The Kier molecular flexibility index (Phi) is 33.9. The first kappa shape index (κ1) is 53.8. The lowest BCUT2D eigenvalue weighted by molar-refractivity contribution is -0.142. The number of hydrogen-bond donors (Lipinski definition) is 5. The highest BCUT2D eigenvalue weighted by Gasteiger charge is 2.20. The lowest BCUT2D eigenvalue weighted by Gasteiger charge is -2.14. The van der Waals surface area contributed by atoms with E-state index in [-0.39, 0.29) is 102 Å². The van der Waals surface area contributed by atoms with Crippen molar-refractivity contribution < 1.29 is 57.9 Å². The number of Topliss-reactive ketones (excluding diaryl/α,β-unsaturated/α-hetero) is 1. The second kappa shape index (κ2) is 37.8. The van der Waals surface area contributed by atoms with Crippen LogP contribution in [-0.4, -0.2) is 111 Å². The Labute approximate surface area is 357 Å². The van der Waals surface area contributed by atoms with E-state index in [1.54, 1.807) is 0 Å². The first-order valence-electron chi connectivity index (χ1n) is 21.9. The summed E-state index contributed by atoms with van der Waals surface area (Å²) < 4.78 is 21.6. The van der Waals surface area contributed by atoms with Crippen molar-refractivity contribution in [3.8, 4) is 0 Å². The minimum Gasteiger partial charge on any atom is -0.481 e. The van der Waals surface area contributed by atoms with Crippen LogP contribution in [-0.2, 0) is 60.7 Å². The van der Waals surface area contributed by atoms with Gasteiger partial charge in [0, 0.05) is 45.4 Å². The lowest BCUT2D eigenvalue weighted by atomic mass is 10.0. The number of unbranched alkanes of at least 4 members (excludes halogenated alkanes) is 11. The van der Waals surface area contributed by atoms with E-state index in [9.17, 15) is 33.9 Å². The van der Waals surface area contributed by atoms with Gasteiger partial charge in [-0.3, -0.25) is 24.0 Å². The third-order valence-electron chi connectivity index (χ3n) is 9.55. The fourth-order valence-corrected chi connectivity index (χ4v) is 6.08. The summed E-state index contributed by atoms with van der Waals surface area (Å²) in [7, 11) is 0. The predicted molar refractivity (Wildman–Crippen MR) is 228 cm³/mol. The molecule has 0 saturated heterocycles. The molecule has 0 radical (unpaired) electrons. The molecule has 0 spiro atoms. The van der Waals surface area contributed by atoms with E-state index in [0.29, 0.717) is 32.5 Å². The number of carbonyl (C=O) groups excluding carboxylic acids is 4. The van der Waals surface area contributed by atoms with Crippen molar-refractivity contribution in [1.82, 2.24) is 16.0 Å². The molecule has 60 heavy (non-hydrogen) atoms. The van der Waals surface area contributed by atoms with Crippen molar-refractivity contribution in [2.75, 3.05) is 59.4 Å². The van der Waals surface area contributed by atoms with Gasteiger partial charge in [-0.1, -0.05) is 81.7 Å². The van der Waals surface area contributed by atoms with Crippen LogP contribution in [0.5, 0.6) is 0 Å². The second-order valence-corrected chi connectivity index (χ2v) is 14.9. The van der Waals surface area contributed by atoms with Crippen LogP contribution in [0.4, 0.5) is 0 Å². The number of carboxylic acid groups (broad SMARTS) is 2.